The summed E-state index contributed by atoms with van der Waals surface area (Å²) in [5.74, 6) is -1.57. The number of para-hydroxylation sites is 1. The van der Waals surface area contributed by atoms with E-state index in [1.807, 2.05) is 43.0 Å². The summed E-state index contributed by atoms with van der Waals surface area (Å²) in [4.78, 5) is 81.1. The quantitative estimate of drug-likeness (QED) is 0.0381. The predicted octanol–water partition coefficient (Wildman–Crippen LogP) is 7.03. The van der Waals surface area contributed by atoms with Crippen molar-refractivity contribution in [1.82, 2.24) is 34.6 Å². The number of rotatable bonds is 15. The van der Waals surface area contributed by atoms with Crippen molar-refractivity contribution in [3.8, 4) is 22.7 Å². The van der Waals surface area contributed by atoms with E-state index in [0.29, 0.717) is 60.0 Å². The maximum absolute atomic E-state index is 16.5. The van der Waals surface area contributed by atoms with Crippen molar-refractivity contribution in [3.05, 3.63) is 124 Å². The summed E-state index contributed by atoms with van der Waals surface area (Å²) < 4.78 is 39.1. The van der Waals surface area contributed by atoms with Gasteiger partial charge >= 0.3 is 5.69 Å². The van der Waals surface area contributed by atoms with E-state index in [0.717, 1.165) is 81.3 Å². The summed E-state index contributed by atoms with van der Waals surface area (Å²) in [6.07, 6.45) is 8.26. The Bertz CT molecular complexity index is 2890. The molecule has 3 saturated heterocycles. The van der Waals surface area contributed by atoms with Crippen LogP contribution in [0.3, 0.4) is 0 Å². The number of aromatic nitrogens is 3. The number of hydrogen-bond donors (Lipinski definition) is 1. The smallest absolute Gasteiger partial charge is 0.355 e. The van der Waals surface area contributed by atoms with E-state index in [2.05, 4.69) is 27.8 Å². The number of imide groups is 1. The van der Waals surface area contributed by atoms with Gasteiger partial charge in [0.1, 0.15) is 29.1 Å². The standard InChI is InChI=1S/C53H57F2N8O6.Hf/c1-4-47(65)60-25-26-61(34(3)31-60)49-40-30-42(55)48(57-50(40)63(53(68)58-49)43-16-10-8-14-33(43)2)37-15-9-11-17-45(37)69-27-13-7-5-6-12-22-59-23-20-35(21-24-59)38-28-36(54)29-39-41(38)32-62(52(39)67)44-18-19-46(64)56-51(44)66;/h4,8-11,14,16-17,28-30,34-35,44H,1,5-7,12-13,18-27,31-32H2,2-3H3,(H,56,64,66);/q-1;/t34-,44?;/m0./s1. The number of unbranched alkanes of at least 4 members (excludes halogenated alkanes) is 4. The second kappa shape index (κ2) is 22.0. The number of fused-ring (bicyclic) bond motifs is 2. The average molecular weight is 1120 g/mol. The number of amides is 4. The average Bonchev–Trinajstić information content (AvgIpc) is 3.67. The van der Waals surface area contributed by atoms with Crippen molar-refractivity contribution in [2.45, 2.75) is 96.2 Å². The molecule has 14 nitrogen and oxygen atoms in total. The molecule has 2 aromatic heterocycles. The minimum Gasteiger partial charge on any atom is -0.537 e. The summed E-state index contributed by atoms with van der Waals surface area (Å²) in [7, 11) is 0. The van der Waals surface area contributed by atoms with Gasteiger partial charge in [-0.1, -0.05) is 49.6 Å². The Morgan fingerprint density at radius 1 is 0.929 bits per heavy atom. The van der Waals surface area contributed by atoms with Crippen LogP contribution in [0, 0.1) is 24.6 Å². The van der Waals surface area contributed by atoms with E-state index >= 15 is 4.39 Å². The molecular weight excluding hydrogens is 1060 g/mol. The zero-order valence-corrected chi connectivity index (χ0v) is 43.2. The molecule has 0 spiro atoms. The number of aryl methyl sites for hydroxylation is 1. The number of piperazine rings is 1. The summed E-state index contributed by atoms with van der Waals surface area (Å²) >= 11 is 0. The normalized spacial score (nSPS) is 18.7. The Kier molecular flexibility index (Phi) is 15.9. The van der Waals surface area contributed by atoms with E-state index < -0.39 is 29.3 Å². The Morgan fingerprint density at radius 2 is 1.70 bits per heavy atom. The number of carbonyl (C=O) groups is 4. The van der Waals surface area contributed by atoms with Crippen LogP contribution in [0.2, 0.25) is 0 Å². The number of nitrogens with one attached hydrogen (secondary N) is 1. The third-order valence-corrected chi connectivity index (χ3v) is 14.2. The molecule has 70 heavy (non-hydrogen) atoms. The third-order valence-electron chi connectivity index (χ3n) is 14.2. The molecule has 3 fully saturated rings. The molecule has 0 bridgehead atoms. The van der Waals surface area contributed by atoms with Gasteiger partial charge in [-0.2, -0.15) is 4.98 Å². The summed E-state index contributed by atoms with van der Waals surface area (Å²) in [6, 6.07) is 19.0. The van der Waals surface area contributed by atoms with Gasteiger partial charge < -0.3 is 24.3 Å². The van der Waals surface area contributed by atoms with E-state index in [-0.39, 0.29) is 86.3 Å². The van der Waals surface area contributed by atoms with Gasteiger partial charge in [0.15, 0.2) is 0 Å². The van der Waals surface area contributed by atoms with Crippen molar-refractivity contribution in [1.29, 1.82) is 0 Å². The van der Waals surface area contributed by atoms with E-state index in [1.54, 1.807) is 29.2 Å². The number of piperidine rings is 2. The van der Waals surface area contributed by atoms with E-state index in [4.69, 9.17) is 9.72 Å². The molecule has 5 aromatic rings. The zero-order chi connectivity index (χ0) is 48.3. The fourth-order valence-corrected chi connectivity index (χ4v) is 10.5. The number of hydrogen-bond acceptors (Lipinski definition) is 10. The van der Waals surface area contributed by atoms with Crippen LogP contribution in [0.4, 0.5) is 14.6 Å². The molecule has 0 saturated carbocycles. The molecule has 3 aromatic carbocycles. The van der Waals surface area contributed by atoms with Gasteiger partial charge in [0.25, 0.3) is 5.91 Å². The first kappa shape index (κ1) is 50.4. The Hall–Kier alpha value is -5.94. The van der Waals surface area contributed by atoms with Crippen molar-refractivity contribution < 1.29 is 58.5 Å². The minimum absolute atomic E-state index is 0. The molecule has 4 aliphatic rings. The van der Waals surface area contributed by atoms with Crippen LogP contribution >= 0.6 is 0 Å². The Labute approximate surface area is 424 Å². The van der Waals surface area contributed by atoms with Crippen molar-refractivity contribution in [2.75, 3.05) is 50.8 Å². The summed E-state index contributed by atoms with van der Waals surface area (Å²) in [5.41, 5.74) is 3.40. The molecule has 6 heterocycles. The van der Waals surface area contributed by atoms with E-state index in [9.17, 15) is 28.4 Å². The molecule has 9 rings (SSSR count). The number of benzene rings is 3. The summed E-state index contributed by atoms with van der Waals surface area (Å²) in [5, 5.41) is 2.70. The number of nitrogens with zero attached hydrogens (tertiary/aromatic N) is 7. The van der Waals surface area contributed by atoms with Crippen LogP contribution in [0.5, 0.6) is 5.75 Å². The van der Waals surface area contributed by atoms with Gasteiger partial charge in [-0.15, -0.1) is 24.3 Å². The molecule has 0 radical (unpaired) electrons. The van der Waals surface area contributed by atoms with Gasteiger partial charge in [0.05, 0.1) is 17.7 Å². The third kappa shape index (κ3) is 10.4. The molecule has 4 aliphatic heterocycles. The van der Waals surface area contributed by atoms with Crippen LogP contribution < -0.4 is 20.6 Å². The minimum atomic E-state index is -0.739. The van der Waals surface area contributed by atoms with Crippen LogP contribution in [0.15, 0.2) is 78.1 Å². The maximum Gasteiger partial charge on any atom is 0.355 e. The summed E-state index contributed by atoms with van der Waals surface area (Å²) in [6.45, 7) is 12.0. The number of halogens is 2. The first-order valence-corrected chi connectivity index (χ1v) is 24.1. The first-order chi connectivity index (χ1) is 33.4. The van der Waals surface area contributed by atoms with E-state index in [1.165, 1.54) is 27.7 Å². The van der Waals surface area contributed by atoms with Crippen LogP contribution in [-0.4, -0.2) is 111 Å². The second-order valence-corrected chi connectivity index (χ2v) is 18.6. The number of likely N-dealkylation sites (tertiary alicyclic amines) is 1. The molecule has 364 valence electrons. The first-order valence-electron chi connectivity index (χ1n) is 24.1. The molecule has 4 amide bonds. The number of pyridine rings is 1. The van der Waals surface area contributed by atoms with Crippen LogP contribution in [0.1, 0.15) is 97.7 Å². The van der Waals surface area contributed by atoms with Gasteiger partial charge in [-0.3, -0.25) is 29.5 Å². The van der Waals surface area contributed by atoms with Gasteiger partial charge in [0, 0.05) is 81.5 Å². The fourth-order valence-electron chi connectivity index (χ4n) is 10.5. The van der Waals surface area contributed by atoms with Crippen molar-refractivity contribution in [3.63, 3.8) is 0 Å². The molecule has 2 atom stereocenters. The monoisotopic (exact) mass is 1120 g/mol. The predicted molar refractivity (Wildman–Crippen MR) is 257 cm³/mol. The molecule has 1 N–H and O–H groups in total. The number of carbonyl (C=O) groups excluding carboxylic acids is 4. The SMILES string of the molecule is C=CC(=O)N1CCN(c2nc(=O)n(-c3ccccc3C)c3nc(-c4[c-]cccc4OCCCCCCCN4CCC(c5cc(F)cc6c5CN(C5CCC(=O)NC5=O)C6=O)CC4)c(F)cc23)[C@@H](C)C1.[Hf]. The zero-order valence-electron chi connectivity index (χ0n) is 39.6. The number of ether oxygens (including phenoxy) is 1. The van der Waals surface area contributed by atoms with Gasteiger partial charge in [0.2, 0.25) is 17.7 Å². The van der Waals surface area contributed by atoms with Gasteiger partial charge in [-0.05, 0) is 119 Å². The van der Waals surface area contributed by atoms with Crippen LogP contribution in [0.25, 0.3) is 28.0 Å². The maximum atomic E-state index is 16.5. The largest absolute Gasteiger partial charge is 0.537 e. The topological polar surface area (TPSA) is 150 Å². The van der Waals surface area contributed by atoms with Crippen LogP contribution in [-0.2, 0) is 46.8 Å². The molecular formula is C53H57F2HfN8O6-. The molecule has 0 aliphatic carbocycles. The Balaban J connectivity index is 0.00000659. The van der Waals surface area contributed by atoms with Crippen molar-refractivity contribution >= 4 is 40.5 Å². The van der Waals surface area contributed by atoms with Gasteiger partial charge in [-0.25, -0.2) is 18.1 Å². The Morgan fingerprint density at radius 3 is 2.46 bits per heavy atom. The fraction of sp³-hybridized carbons (Fsp3) is 0.415. The molecule has 1 unspecified atom stereocenters. The molecule has 17 heteroatoms. The van der Waals surface area contributed by atoms with Crippen molar-refractivity contribution in [2.24, 2.45) is 0 Å². The second-order valence-electron chi connectivity index (χ2n) is 18.6. The number of anilines is 1.